The third kappa shape index (κ3) is 4.49. The summed E-state index contributed by atoms with van der Waals surface area (Å²) in [5, 5.41) is 15.0. The van der Waals surface area contributed by atoms with E-state index in [1.54, 1.807) is 18.2 Å². The van der Waals surface area contributed by atoms with E-state index in [0.717, 1.165) is 11.4 Å². The van der Waals surface area contributed by atoms with E-state index in [1.807, 2.05) is 31.2 Å². The first kappa shape index (κ1) is 17.3. The highest BCUT2D eigenvalue weighted by atomic mass is 35.5. The fraction of sp³-hybridized carbons (Fsp3) is 0.118. The molecule has 0 aliphatic rings. The normalized spacial score (nSPS) is 10.4. The number of rotatable bonds is 6. The molecule has 8 heteroatoms. The zero-order valence-electron chi connectivity index (χ0n) is 13.3. The molecule has 2 aromatic carbocycles. The van der Waals surface area contributed by atoms with Gasteiger partial charge in [-0.1, -0.05) is 29.3 Å². The minimum absolute atomic E-state index is 0.354. The van der Waals surface area contributed by atoms with Gasteiger partial charge in [0.1, 0.15) is 5.75 Å². The molecule has 0 unspecified atom stereocenters. The minimum atomic E-state index is 0.354. The average Bonchev–Trinajstić information content (AvgIpc) is 2.61. The van der Waals surface area contributed by atoms with Crippen LogP contribution in [0.3, 0.4) is 0 Å². The molecule has 0 bridgehead atoms. The van der Waals surface area contributed by atoms with Crippen molar-refractivity contribution in [2.75, 3.05) is 17.2 Å². The van der Waals surface area contributed by atoms with Gasteiger partial charge in [-0.2, -0.15) is 10.1 Å². The Morgan fingerprint density at radius 1 is 1.04 bits per heavy atom. The lowest BCUT2D eigenvalue weighted by Crippen LogP contribution is -2.02. The van der Waals surface area contributed by atoms with Crippen LogP contribution >= 0.6 is 23.2 Å². The van der Waals surface area contributed by atoms with Crippen LogP contribution < -0.4 is 15.4 Å². The Morgan fingerprint density at radius 3 is 2.60 bits per heavy atom. The van der Waals surface area contributed by atoms with E-state index in [9.17, 15) is 0 Å². The molecule has 0 fully saturated rings. The van der Waals surface area contributed by atoms with Crippen LogP contribution in [0.5, 0.6) is 5.75 Å². The zero-order chi connectivity index (χ0) is 17.6. The first-order valence-corrected chi connectivity index (χ1v) is 8.32. The maximum atomic E-state index is 6.17. The second-order valence-electron chi connectivity index (χ2n) is 4.97. The quantitative estimate of drug-likeness (QED) is 0.626. The fourth-order valence-corrected chi connectivity index (χ4v) is 2.43. The first-order chi connectivity index (χ1) is 12.2. The largest absolute Gasteiger partial charge is 0.494 e. The van der Waals surface area contributed by atoms with E-state index >= 15 is 0 Å². The van der Waals surface area contributed by atoms with Gasteiger partial charge in [0.15, 0.2) is 5.82 Å². The van der Waals surface area contributed by atoms with Crippen LogP contribution in [0.25, 0.3) is 0 Å². The topological polar surface area (TPSA) is 72.0 Å². The molecule has 2 N–H and O–H groups in total. The fourth-order valence-electron chi connectivity index (χ4n) is 2.09. The highest BCUT2D eigenvalue weighted by molar-refractivity contribution is 6.43. The van der Waals surface area contributed by atoms with E-state index in [1.165, 1.54) is 6.20 Å². The molecule has 0 aliphatic heterocycles. The standard InChI is InChI=1S/C17H15Cl2N5O/c1-2-25-12-8-6-11(7-9-12)21-17-23-15(10-20-24-17)22-14-5-3-4-13(18)16(14)19/h3-10H,2H2,1H3,(H2,21,22,23,24). The van der Waals surface area contributed by atoms with Crippen molar-refractivity contribution in [3.8, 4) is 5.75 Å². The Hall–Kier alpha value is -2.57. The van der Waals surface area contributed by atoms with Crippen molar-refractivity contribution in [3.63, 3.8) is 0 Å². The van der Waals surface area contributed by atoms with Crippen LogP contribution in [0, 0.1) is 0 Å². The second kappa shape index (κ2) is 8.00. The number of halogens is 2. The summed E-state index contributed by atoms with van der Waals surface area (Å²) in [6.07, 6.45) is 1.50. The van der Waals surface area contributed by atoms with Gasteiger partial charge in [-0.3, -0.25) is 0 Å². The van der Waals surface area contributed by atoms with E-state index < -0.39 is 0 Å². The van der Waals surface area contributed by atoms with E-state index in [4.69, 9.17) is 27.9 Å². The van der Waals surface area contributed by atoms with Crippen LogP contribution in [0.1, 0.15) is 6.92 Å². The molecule has 0 aliphatic carbocycles. The minimum Gasteiger partial charge on any atom is -0.494 e. The molecule has 0 atom stereocenters. The molecule has 3 aromatic rings. The molecule has 0 amide bonds. The Bertz CT molecular complexity index is 858. The molecule has 25 heavy (non-hydrogen) atoms. The highest BCUT2D eigenvalue weighted by Gasteiger charge is 2.07. The zero-order valence-corrected chi connectivity index (χ0v) is 14.8. The van der Waals surface area contributed by atoms with Gasteiger partial charge in [0.05, 0.1) is 28.5 Å². The number of anilines is 4. The third-order valence-electron chi connectivity index (χ3n) is 3.19. The summed E-state index contributed by atoms with van der Waals surface area (Å²) in [5.41, 5.74) is 1.46. The predicted octanol–water partition coefficient (Wildman–Crippen LogP) is 5.06. The molecule has 6 nitrogen and oxygen atoms in total. The van der Waals surface area contributed by atoms with Crippen molar-refractivity contribution in [2.45, 2.75) is 6.92 Å². The van der Waals surface area contributed by atoms with Gasteiger partial charge in [-0.25, -0.2) is 0 Å². The van der Waals surface area contributed by atoms with Crippen LogP contribution in [0.15, 0.2) is 48.7 Å². The number of benzene rings is 2. The Morgan fingerprint density at radius 2 is 1.84 bits per heavy atom. The molecule has 3 rings (SSSR count). The maximum absolute atomic E-state index is 6.17. The van der Waals surface area contributed by atoms with Crippen LogP contribution in [0.2, 0.25) is 10.0 Å². The monoisotopic (exact) mass is 375 g/mol. The van der Waals surface area contributed by atoms with Crippen LogP contribution in [0.4, 0.5) is 23.1 Å². The van der Waals surface area contributed by atoms with E-state index in [0.29, 0.717) is 34.1 Å². The van der Waals surface area contributed by atoms with Gasteiger partial charge in [-0.05, 0) is 43.3 Å². The molecule has 1 heterocycles. The number of hydrogen-bond acceptors (Lipinski definition) is 6. The molecular formula is C17H15Cl2N5O. The SMILES string of the molecule is CCOc1ccc(Nc2nncc(Nc3cccc(Cl)c3Cl)n2)cc1. The summed E-state index contributed by atoms with van der Waals surface area (Å²) in [7, 11) is 0. The van der Waals surface area contributed by atoms with Gasteiger partial charge < -0.3 is 15.4 Å². The number of ether oxygens (including phenoxy) is 1. The summed E-state index contributed by atoms with van der Waals surface area (Å²) in [6.45, 7) is 2.57. The summed E-state index contributed by atoms with van der Waals surface area (Å²) in [5.74, 6) is 1.65. The maximum Gasteiger partial charge on any atom is 0.249 e. The third-order valence-corrected chi connectivity index (χ3v) is 4.01. The Balaban J connectivity index is 1.74. The van der Waals surface area contributed by atoms with Crippen molar-refractivity contribution < 1.29 is 4.74 Å². The molecular weight excluding hydrogens is 361 g/mol. The van der Waals surface area contributed by atoms with E-state index in [-0.39, 0.29) is 0 Å². The lowest BCUT2D eigenvalue weighted by molar-refractivity contribution is 0.340. The summed E-state index contributed by atoms with van der Waals surface area (Å²) < 4.78 is 5.41. The predicted molar refractivity (Wildman–Crippen MR) is 100 cm³/mol. The van der Waals surface area contributed by atoms with Gasteiger partial charge in [0, 0.05) is 5.69 Å². The highest BCUT2D eigenvalue weighted by Crippen LogP contribution is 2.31. The lowest BCUT2D eigenvalue weighted by Gasteiger charge is -2.10. The Kier molecular flexibility index (Phi) is 5.53. The summed E-state index contributed by atoms with van der Waals surface area (Å²) in [6, 6.07) is 12.8. The van der Waals surface area contributed by atoms with Gasteiger partial charge in [0.2, 0.25) is 5.95 Å². The molecule has 1 aromatic heterocycles. The van der Waals surface area contributed by atoms with Crippen molar-refractivity contribution in [2.24, 2.45) is 0 Å². The average molecular weight is 376 g/mol. The van der Waals surface area contributed by atoms with Gasteiger partial charge in [-0.15, -0.1) is 5.10 Å². The van der Waals surface area contributed by atoms with Crippen molar-refractivity contribution in [1.82, 2.24) is 15.2 Å². The smallest absolute Gasteiger partial charge is 0.249 e. The molecule has 0 saturated heterocycles. The summed E-state index contributed by atoms with van der Waals surface area (Å²) in [4.78, 5) is 4.36. The molecule has 128 valence electrons. The van der Waals surface area contributed by atoms with Crippen LogP contribution in [-0.2, 0) is 0 Å². The number of nitrogens with one attached hydrogen (secondary N) is 2. The van der Waals surface area contributed by atoms with Crippen molar-refractivity contribution in [3.05, 3.63) is 58.7 Å². The number of aromatic nitrogens is 3. The van der Waals surface area contributed by atoms with Crippen molar-refractivity contribution in [1.29, 1.82) is 0 Å². The summed E-state index contributed by atoms with van der Waals surface area (Å²) >= 11 is 12.2. The lowest BCUT2D eigenvalue weighted by atomic mass is 10.3. The van der Waals surface area contributed by atoms with Gasteiger partial charge >= 0.3 is 0 Å². The van der Waals surface area contributed by atoms with Gasteiger partial charge in [0.25, 0.3) is 0 Å². The molecule has 0 radical (unpaired) electrons. The van der Waals surface area contributed by atoms with Crippen molar-refractivity contribution >= 4 is 46.3 Å². The number of nitrogens with zero attached hydrogens (tertiary/aromatic N) is 3. The Labute approximate surface area is 155 Å². The van der Waals surface area contributed by atoms with Crippen LogP contribution in [-0.4, -0.2) is 21.8 Å². The molecule has 0 saturated carbocycles. The molecule has 0 spiro atoms. The first-order valence-electron chi connectivity index (χ1n) is 7.56. The number of hydrogen-bond donors (Lipinski definition) is 2. The second-order valence-corrected chi connectivity index (χ2v) is 5.76. The van der Waals surface area contributed by atoms with E-state index in [2.05, 4.69) is 25.8 Å².